The lowest BCUT2D eigenvalue weighted by molar-refractivity contribution is -0.385. The highest BCUT2D eigenvalue weighted by molar-refractivity contribution is 5.98. The second kappa shape index (κ2) is 7.88. The maximum Gasteiger partial charge on any atom is 0.337 e. The summed E-state index contributed by atoms with van der Waals surface area (Å²) in [5.74, 6) is -0.711. The molecule has 9 nitrogen and oxygen atoms in total. The van der Waals surface area contributed by atoms with Crippen LogP contribution in [0.4, 0.5) is 16.2 Å². The van der Waals surface area contributed by atoms with Gasteiger partial charge in [0.05, 0.1) is 4.92 Å². The molecule has 3 amide bonds. The highest BCUT2D eigenvalue weighted by Gasteiger charge is 2.14. The number of urea groups is 1. The number of ketones is 1. The van der Waals surface area contributed by atoms with E-state index in [9.17, 15) is 24.5 Å². The molecule has 0 aliphatic carbocycles. The van der Waals surface area contributed by atoms with Crippen LogP contribution in [0.25, 0.3) is 0 Å². The average molecular weight is 356 g/mol. The van der Waals surface area contributed by atoms with Crippen LogP contribution in [0.15, 0.2) is 42.5 Å². The summed E-state index contributed by atoms with van der Waals surface area (Å²) in [6.07, 6.45) is 0. The molecule has 0 radical (unpaired) electrons. The number of nitro benzene ring substituents is 1. The van der Waals surface area contributed by atoms with Gasteiger partial charge in [-0.3, -0.25) is 25.1 Å². The lowest BCUT2D eigenvalue weighted by Crippen LogP contribution is -2.43. The number of hydrogen-bond donors (Lipinski definition) is 3. The van der Waals surface area contributed by atoms with Gasteiger partial charge in [0.15, 0.2) is 5.78 Å². The van der Waals surface area contributed by atoms with E-state index in [0.717, 1.165) is 0 Å². The highest BCUT2D eigenvalue weighted by atomic mass is 16.6. The number of aryl methyl sites for hydroxylation is 1. The number of Topliss-reactive ketones (excluding diaryl/α,β-unsaturated/α-hetero) is 1. The molecule has 0 unspecified atom stereocenters. The molecule has 0 spiro atoms. The van der Waals surface area contributed by atoms with E-state index in [4.69, 9.17) is 0 Å². The van der Waals surface area contributed by atoms with Crippen molar-refractivity contribution in [2.24, 2.45) is 0 Å². The number of anilines is 1. The fraction of sp³-hybridized carbons (Fsp3) is 0.118. The highest BCUT2D eigenvalue weighted by Crippen LogP contribution is 2.18. The second-order valence-electron chi connectivity index (χ2n) is 5.43. The summed E-state index contributed by atoms with van der Waals surface area (Å²) in [4.78, 5) is 45.2. The fourth-order valence-electron chi connectivity index (χ4n) is 2.14. The molecule has 134 valence electrons. The number of rotatable bonds is 4. The molecule has 26 heavy (non-hydrogen) atoms. The Balaban J connectivity index is 1.92. The first kappa shape index (κ1) is 18.6. The average Bonchev–Trinajstić information content (AvgIpc) is 2.59. The standard InChI is InChI=1S/C17H16N4O5/c1-10-9-13(5-8-15(10)21(25)26)16(23)19-20-17(24)18-14-6-3-12(4-7-14)11(2)22/h3-9H,1-2H3,(H,19,23)(H2,18,20,24). The van der Waals surface area contributed by atoms with E-state index in [1.807, 2.05) is 0 Å². The smallest absolute Gasteiger partial charge is 0.307 e. The third-order valence-electron chi connectivity index (χ3n) is 3.49. The van der Waals surface area contributed by atoms with Crippen molar-refractivity contribution >= 4 is 29.1 Å². The van der Waals surface area contributed by atoms with Crippen LogP contribution in [-0.2, 0) is 0 Å². The number of amides is 3. The van der Waals surface area contributed by atoms with E-state index >= 15 is 0 Å². The van der Waals surface area contributed by atoms with E-state index in [1.165, 1.54) is 32.0 Å². The molecule has 0 saturated carbocycles. The molecule has 0 saturated heterocycles. The minimum atomic E-state index is -0.687. The third kappa shape index (κ3) is 4.63. The predicted molar refractivity (Wildman–Crippen MR) is 93.9 cm³/mol. The van der Waals surface area contributed by atoms with Gasteiger partial charge in [-0.1, -0.05) is 0 Å². The number of hydrazine groups is 1. The first-order valence-corrected chi connectivity index (χ1v) is 7.51. The van der Waals surface area contributed by atoms with Crippen molar-refractivity contribution in [2.45, 2.75) is 13.8 Å². The van der Waals surface area contributed by atoms with Gasteiger partial charge in [0.2, 0.25) is 0 Å². The molecule has 0 aliphatic heterocycles. The number of benzene rings is 2. The largest absolute Gasteiger partial charge is 0.337 e. The quantitative estimate of drug-likeness (QED) is 0.440. The Morgan fingerprint density at radius 3 is 2.12 bits per heavy atom. The zero-order chi connectivity index (χ0) is 19.3. The molecule has 3 N–H and O–H groups in total. The Hall–Kier alpha value is -3.75. The molecular weight excluding hydrogens is 340 g/mol. The summed E-state index contributed by atoms with van der Waals surface area (Å²) in [6, 6.07) is 9.42. The molecule has 0 aromatic heterocycles. The lowest BCUT2D eigenvalue weighted by atomic mass is 10.1. The summed E-state index contributed by atoms with van der Waals surface area (Å²) in [7, 11) is 0. The van der Waals surface area contributed by atoms with Crippen LogP contribution in [0, 0.1) is 17.0 Å². The Morgan fingerprint density at radius 1 is 0.962 bits per heavy atom. The van der Waals surface area contributed by atoms with Gasteiger partial charge in [-0.05, 0) is 50.2 Å². The molecule has 0 aliphatic rings. The van der Waals surface area contributed by atoms with E-state index < -0.39 is 16.9 Å². The summed E-state index contributed by atoms with van der Waals surface area (Å²) >= 11 is 0. The van der Waals surface area contributed by atoms with Crippen LogP contribution in [-0.4, -0.2) is 22.6 Å². The number of nitrogens with one attached hydrogen (secondary N) is 3. The Bertz CT molecular complexity index is 877. The molecule has 2 aromatic carbocycles. The predicted octanol–water partition coefficient (Wildman–Crippen LogP) is 2.57. The van der Waals surface area contributed by atoms with Gasteiger partial charge < -0.3 is 5.32 Å². The van der Waals surface area contributed by atoms with Crippen molar-refractivity contribution in [3.63, 3.8) is 0 Å². The van der Waals surface area contributed by atoms with Crippen molar-refractivity contribution in [1.29, 1.82) is 0 Å². The van der Waals surface area contributed by atoms with E-state index in [0.29, 0.717) is 16.8 Å². The number of carbonyl (C=O) groups excluding carboxylic acids is 3. The van der Waals surface area contributed by atoms with Gasteiger partial charge in [-0.2, -0.15) is 0 Å². The maximum absolute atomic E-state index is 12.0. The Kier molecular flexibility index (Phi) is 5.63. The monoisotopic (exact) mass is 356 g/mol. The normalized spacial score (nSPS) is 9.92. The van der Waals surface area contributed by atoms with Crippen molar-refractivity contribution in [2.75, 3.05) is 5.32 Å². The van der Waals surface area contributed by atoms with Crippen molar-refractivity contribution < 1.29 is 19.3 Å². The maximum atomic E-state index is 12.0. The van der Waals surface area contributed by atoms with Crippen LogP contribution >= 0.6 is 0 Å². The summed E-state index contributed by atoms with van der Waals surface area (Å²) in [5, 5.41) is 13.3. The van der Waals surface area contributed by atoms with Gasteiger partial charge >= 0.3 is 6.03 Å². The number of nitrogens with zero attached hydrogens (tertiary/aromatic N) is 1. The molecule has 0 bridgehead atoms. The van der Waals surface area contributed by atoms with E-state index in [1.54, 1.807) is 24.3 Å². The fourth-order valence-corrected chi connectivity index (χ4v) is 2.14. The van der Waals surface area contributed by atoms with Gasteiger partial charge in [-0.25, -0.2) is 10.2 Å². The molecule has 0 heterocycles. The van der Waals surface area contributed by atoms with Gasteiger partial charge in [-0.15, -0.1) is 0 Å². The molecule has 2 aromatic rings. The first-order chi connectivity index (χ1) is 12.3. The van der Waals surface area contributed by atoms with Crippen LogP contribution < -0.4 is 16.2 Å². The Morgan fingerprint density at radius 2 is 1.58 bits per heavy atom. The van der Waals surface area contributed by atoms with Crippen LogP contribution in [0.1, 0.15) is 33.2 Å². The van der Waals surface area contributed by atoms with Crippen LogP contribution in [0.5, 0.6) is 0 Å². The summed E-state index contributed by atoms with van der Waals surface area (Å²) in [6.45, 7) is 2.95. The summed E-state index contributed by atoms with van der Waals surface area (Å²) in [5.41, 5.74) is 5.72. The topological polar surface area (TPSA) is 130 Å². The zero-order valence-corrected chi connectivity index (χ0v) is 14.0. The molecule has 9 heteroatoms. The number of carbonyl (C=O) groups is 3. The minimum absolute atomic E-state index is 0.0911. The third-order valence-corrected chi connectivity index (χ3v) is 3.49. The zero-order valence-electron chi connectivity index (χ0n) is 14.0. The van der Waals surface area contributed by atoms with Gasteiger partial charge in [0.25, 0.3) is 11.6 Å². The van der Waals surface area contributed by atoms with Gasteiger partial charge in [0.1, 0.15) is 0 Å². The Labute approximate surface area is 148 Å². The first-order valence-electron chi connectivity index (χ1n) is 7.51. The van der Waals surface area contributed by atoms with Gasteiger partial charge in [0, 0.05) is 28.4 Å². The molecule has 2 rings (SSSR count). The van der Waals surface area contributed by atoms with Crippen LogP contribution in [0.3, 0.4) is 0 Å². The molecule has 0 fully saturated rings. The SMILES string of the molecule is CC(=O)c1ccc(NC(=O)NNC(=O)c2ccc([N+](=O)[O-])c(C)c2)cc1. The van der Waals surface area contributed by atoms with Crippen molar-refractivity contribution in [3.8, 4) is 0 Å². The number of hydrogen-bond acceptors (Lipinski definition) is 5. The van der Waals surface area contributed by atoms with E-state index in [2.05, 4.69) is 16.2 Å². The van der Waals surface area contributed by atoms with Crippen LogP contribution in [0.2, 0.25) is 0 Å². The second-order valence-corrected chi connectivity index (χ2v) is 5.43. The van der Waals surface area contributed by atoms with Crippen molar-refractivity contribution in [1.82, 2.24) is 10.9 Å². The van der Waals surface area contributed by atoms with Crippen molar-refractivity contribution in [3.05, 3.63) is 69.3 Å². The summed E-state index contributed by atoms with van der Waals surface area (Å²) < 4.78 is 0. The van der Waals surface area contributed by atoms with E-state index in [-0.39, 0.29) is 17.0 Å². The number of nitro groups is 1. The lowest BCUT2D eigenvalue weighted by Gasteiger charge is -2.09. The minimum Gasteiger partial charge on any atom is -0.307 e. The molecular formula is C17H16N4O5. The molecule has 0 atom stereocenters.